The second-order valence-corrected chi connectivity index (χ2v) is 9.24. The predicted molar refractivity (Wildman–Crippen MR) is 101 cm³/mol. The SMILES string of the molecule is CC(C)n1nccc1NS(=O)(=O)c1ccc2c(c1)C(C)(C)CC(=O)N2C. The summed E-state index contributed by atoms with van der Waals surface area (Å²) in [5.74, 6) is 0.446. The monoisotopic (exact) mass is 376 g/mol. The van der Waals surface area contributed by atoms with Gasteiger partial charge in [0.25, 0.3) is 10.0 Å². The maximum Gasteiger partial charge on any atom is 0.263 e. The molecule has 0 radical (unpaired) electrons. The molecule has 140 valence electrons. The zero-order valence-corrected chi connectivity index (χ0v) is 16.5. The van der Waals surface area contributed by atoms with Gasteiger partial charge in [-0.1, -0.05) is 13.8 Å². The number of nitrogens with one attached hydrogen (secondary N) is 1. The lowest BCUT2D eigenvalue weighted by atomic mass is 9.77. The van der Waals surface area contributed by atoms with Crippen LogP contribution in [0.1, 0.15) is 45.7 Å². The first-order chi connectivity index (χ1) is 12.0. The van der Waals surface area contributed by atoms with Crippen molar-refractivity contribution in [1.29, 1.82) is 0 Å². The summed E-state index contributed by atoms with van der Waals surface area (Å²) in [4.78, 5) is 13.9. The Morgan fingerprint density at radius 1 is 1.23 bits per heavy atom. The summed E-state index contributed by atoms with van der Waals surface area (Å²) < 4.78 is 30.0. The van der Waals surface area contributed by atoms with E-state index in [2.05, 4.69) is 9.82 Å². The molecule has 1 aromatic heterocycles. The van der Waals surface area contributed by atoms with Gasteiger partial charge in [-0.2, -0.15) is 5.10 Å². The molecule has 0 fully saturated rings. The van der Waals surface area contributed by atoms with Crippen LogP contribution in [-0.4, -0.2) is 31.2 Å². The van der Waals surface area contributed by atoms with Gasteiger partial charge in [-0.3, -0.25) is 9.52 Å². The first-order valence-corrected chi connectivity index (χ1v) is 9.99. The first-order valence-electron chi connectivity index (χ1n) is 8.50. The highest BCUT2D eigenvalue weighted by molar-refractivity contribution is 7.92. The van der Waals surface area contributed by atoms with Gasteiger partial charge < -0.3 is 4.90 Å². The normalized spacial score (nSPS) is 16.7. The average Bonchev–Trinajstić information content (AvgIpc) is 2.99. The first kappa shape index (κ1) is 18.4. The highest BCUT2D eigenvalue weighted by Crippen LogP contribution is 2.40. The molecule has 2 heterocycles. The average molecular weight is 376 g/mol. The zero-order chi connectivity index (χ0) is 19.3. The van der Waals surface area contributed by atoms with Crippen LogP contribution in [0.4, 0.5) is 11.5 Å². The van der Waals surface area contributed by atoms with Crippen LogP contribution in [0.5, 0.6) is 0 Å². The van der Waals surface area contributed by atoms with Crippen molar-refractivity contribution in [2.45, 2.75) is 50.5 Å². The van der Waals surface area contributed by atoms with E-state index < -0.39 is 15.4 Å². The molecule has 0 aliphatic carbocycles. The summed E-state index contributed by atoms with van der Waals surface area (Å²) in [7, 11) is -2.06. The molecule has 1 aliphatic heterocycles. The Morgan fingerprint density at radius 2 is 1.92 bits per heavy atom. The third kappa shape index (κ3) is 3.09. The molecule has 1 amide bonds. The molecule has 7 nitrogen and oxygen atoms in total. The van der Waals surface area contributed by atoms with Gasteiger partial charge in [0.15, 0.2) is 0 Å². The molecule has 1 aliphatic rings. The van der Waals surface area contributed by atoms with E-state index in [0.29, 0.717) is 12.2 Å². The Labute approximate surface area is 154 Å². The van der Waals surface area contributed by atoms with Crippen molar-refractivity contribution in [3.63, 3.8) is 0 Å². The summed E-state index contributed by atoms with van der Waals surface area (Å²) in [6.07, 6.45) is 1.90. The molecule has 3 rings (SSSR count). The molecular weight excluding hydrogens is 352 g/mol. The number of aromatic nitrogens is 2. The van der Waals surface area contributed by atoms with Crippen LogP contribution in [0.2, 0.25) is 0 Å². The van der Waals surface area contributed by atoms with Crippen LogP contribution < -0.4 is 9.62 Å². The van der Waals surface area contributed by atoms with E-state index in [4.69, 9.17) is 0 Å². The molecule has 0 saturated carbocycles. The van der Waals surface area contributed by atoms with Crippen LogP contribution in [0.15, 0.2) is 35.4 Å². The number of amides is 1. The molecule has 0 atom stereocenters. The molecule has 0 bridgehead atoms. The van der Waals surface area contributed by atoms with Crippen LogP contribution in [0.3, 0.4) is 0 Å². The molecule has 1 N–H and O–H groups in total. The van der Waals surface area contributed by atoms with Crippen molar-refractivity contribution in [3.8, 4) is 0 Å². The van der Waals surface area contributed by atoms with E-state index >= 15 is 0 Å². The van der Waals surface area contributed by atoms with E-state index in [1.165, 1.54) is 6.07 Å². The number of rotatable bonds is 4. The van der Waals surface area contributed by atoms with Crippen LogP contribution in [0.25, 0.3) is 0 Å². The minimum absolute atomic E-state index is 0.0251. The van der Waals surface area contributed by atoms with Crippen LogP contribution >= 0.6 is 0 Å². The van der Waals surface area contributed by atoms with Crippen molar-refractivity contribution in [3.05, 3.63) is 36.0 Å². The van der Waals surface area contributed by atoms with E-state index in [1.807, 2.05) is 27.7 Å². The van der Waals surface area contributed by atoms with E-state index in [-0.39, 0.29) is 16.8 Å². The van der Waals surface area contributed by atoms with E-state index in [0.717, 1.165) is 11.3 Å². The maximum atomic E-state index is 12.9. The summed E-state index contributed by atoms with van der Waals surface area (Å²) in [5, 5.41) is 4.15. The van der Waals surface area contributed by atoms with Gasteiger partial charge >= 0.3 is 0 Å². The minimum atomic E-state index is -3.77. The molecular formula is C18H24N4O3S. The number of sulfonamides is 1. The number of hydrogen-bond acceptors (Lipinski definition) is 4. The van der Waals surface area contributed by atoms with Crippen LogP contribution in [-0.2, 0) is 20.2 Å². The highest BCUT2D eigenvalue weighted by Gasteiger charge is 2.36. The number of carbonyl (C=O) groups is 1. The second kappa shape index (κ2) is 6.12. The van der Waals surface area contributed by atoms with Gasteiger partial charge in [0.05, 0.1) is 11.1 Å². The summed E-state index contributed by atoms with van der Waals surface area (Å²) >= 11 is 0. The van der Waals surface area contributed by atoms with Crippen molar-refractivity contribution in [1.82, 2.24) is 9.78 Å². The fourth-order valence-corrected chi connectivity index (χ4v) is 4.32. The molecule has 1 aromatic carbocycles. The highest BCUT2D eigenvalue weighted by atomic mass is 32.2. The Bertz CT molecular complexity index is 961. The summed E-state index contributed by atoms with van der Waals surface area (Å²) in [5.41, 5.74) is 1.17. The molecule has 2 aromatic rings. The topological polar surface area (TPSA) is 84.3 Å². The lowest BCUT2D eigenvalue weighted by Crippen LogP contribution is -2.39. The Hall–Kier alpha value is -2.35. The van der Waals surface area contributed by atoms with Crippen molar-refractivity contribution in [2.24, 2.45) is 0 Å². The van der Waals surface area contributed by atoms with Gasteiger partial charge in [-0.15, -0.1) is 0 Å². The van der Waals surface area contributed by atoms with Gasteiger partial charge in [0.1, 0.15) is 5.82 Å². The molecule has 0 unspecified atom stereocenters. The number of carbonyl (C=O) groups excluding carboxylic acids is 1. The number of benzene rings is 1. The fraction of sp³-hybridized carbons (Fsp3) is 0.444. The van der Waals surface area contributed by atoms with Gasteiger partial charge in [0, 0.05) is 36.7 Å². The lowest BCUT2D eigenvalue weighted by molar-refractivity contribution is -0.119. The second-order valence-electron chi connectivity index (χ2n) is 7.55. The zero-order valence-electron chi connectivity index (χ0n) is 15.6. The summed E-state index contributed by atoms with van der Waals surface area (Å²) in [6.45, 7) is 7.76. The van der Waals surface area contributed by atoms with E-state index in [9.17, 15) is 13.2 Å². The molecule has 0 spiro atoms. The third-order valence-corrected chi connectivity index (χ3v) is 6.09. The number of anilines is 2. The quantitative estimate of drug-likeness (QED) is 0.889. The molecule has 26 heavy (non-hydrogen) atoms. The molecule has 0 saturated heterocycles. The standard InChI is InChI=1S/C18H24N4O3S/c1-12(2)22-16(8-9-19-22)20-26(24,25)13-6-7-15-14(10-13)18(3,4)11-17(23)21(15)5/h6-10,12,20H,11H2,1-5H3. The number of nitrogens with zero attached hydrogens (tertiary/aromatic N) is 3. The van der Waals surface area contributed by atoms with Crippen molar-refractivity contribution >= 4 is 27.4 Å². The minimum Gasteiger partial charge on any atom is -0.315 e. The smallest absolute Gasteiger partial charge is 0.263 e. The summed E-state index contributed by atoms with van der Waals surface area (Å²) in [6, 6.07) is 6.55. The fourth-order valence-electron chi connectivity index (χ4n) is 3.25. The van der Waals surface area contributed by atoms with Gasteiger partial charge in [-0.25, -0.2) is 13.1 Å². The van der Waals surface area contributed by atoms with Gasteiger partial charge in [-0.05, 0) is 37.6 Å². The largest absolute Gasteiger partial charge is 0.315 e. The molecule has 8 heteroatoms. The Morgan fingerprint density at radius 3 is 2.58 bits per heavy atom. The lowest BCUT2D eigenvalue weighted by Gasteiger charge is -2.37. The number of fused-ring (bicyclic) bond motifs is 1. The van der Waals surface area contributed by atoms with E-state index in [1.54, 1.807) is 41.0 Å². The number of hydrogen-bond donors (Lipinski definition) is 1. The Kier molecular flexibility index (Phi) is 4.34. The van der Waals surface area contributed by atoms with Crippen LogP contribution in [0, 0.1) is 0 Å². The Balaban J connectivity index is 2.02. The maximum absolute atomic E-state index is 12.9. The third-order valence-electron chi connectivity index (χ3n) is 4.73. The van der Waals surface area contributed by atoms with Gasteiger partial charge in [0.2, 0.25) is 5.91 Å². The van der Waals surface area contributed by atoms with Crippen molar-refractivity contribution < 1.29 is 13.2 Å². The predicted octanol–water partition coefficient (Wildman–Crippen LogP) is 2.91. The van der Waals surface area contributed by atoms with Crippen molar-refractivity contribution in [2.75, 3.05) is 16.7 Å².